The summed E-state index contributed by atoms with van der Waals surface area (Å²) >= 11 is 0. The van der Waals surface area contributed by atoms with E-state index in [4.69, 9.17) is 23.2 Å². The minimum atomic E-state index is -4.40. The van der Waals surface area contributed by atoms with Gasteiger partial charge in [-0.15, -0.1) is 0 Å². The van der Waals surface area contributed by atoms with Crippen molar-refractivity contribution < 1.29 is 47.0 Å². The summed E-state index contributed by atoms with van der Waals surface area (Å²) in [5.41, 5.74) is -0.956. The van der Waals surface area contributed by atoms with Crippen molar-refractivity contribution in [3.05, 3.63) is 11.6 Å². The van der Waals surface area contributed by atoms with E-state index in [0.717, 1.165) is 0 Å². The molecule has 0 radical (unpaired) electrons. The van der Waals surface area contributed by atoms with Gasteiger partial charge in [0.25, 0.3) is 0 Å². The van der Waals surface area contributed by atoms with E-state index in [1.54, 1.807) is 0 Å². The molecule has 150 valence electrons. The molecule has 0 unspecified atom stereocenters. The number of carboxylic acids is 2. The van der Waals surface area contributed by atoms with Crippen LogP contribution in [-0.4, -0.2) is 113 Å². The molecule has 0 aliphatic carbocycles. The van der Waals surface area contributed by atoms with Gasteiger partial charge >= 0.3 is 86.2 Å². The molecule has 0 saturated carbocycles. The van der Waals surface area contributed by atoms with Gasteiger partial charge in [0.15, 0.2) is 5.40 Å². The molecule has 0 rings (SSSR count). The Bertz CT molecular complexity index is 546. The standard InChI is InChI=1S/C13H24O10P2.2Na.2H/c1-5-20-24(18,21-6-2)13(10(12(16)17)9-11(14)15)25(19,22-7-3)23-8-4;;;;/h9,13H,5-8H2,1-4H3,(H,14,15)(H,16,17);;;;/b10-9+;;;;. The van der Waals surface area contributed by atoms with Gasteiger partial charge in [-0.2, -0.15) is 0 Å². The summed E-state index contributed by atoms with van der Waals surface area (Å²) in [6.07, 6.45) is 0.280. The van der Waals surface area contributed by atoms with E-state index in [1.807, 2.05) is 0 Å². The molecule has 0 aromatic rings. The summed E-state index contributed by atoms with van der Waals surface area (Å²) in [5, 5.41) is 16.3. The van der Waals surface area contributed by atoms with Crippen molar-refractivity contribution in [2.24, 2.45) is 0 Å². The maximum atomic E-state index is 13.2. The number of aliphatic carboxylic acids is 2. The van der Waals surface area contributed by atoms with E-state index < -0.39 is 38.1 Å². The van der Waals surface area contributed by atoms with Gasteiger partial charge in [-0.1, -0.05) is 0 Å². The zero-order valence-corrected chi connectivity index (χ0v) is 16.3. The van der Waals surface area contributed by atoms with E-state index in [2.05, 4.69) is 0 Å². The molecule has 10 nitrogen and oxygen atoms in total. The van der Waals surface area contributed by atoms with Crippen molar-refractivity contribution in [3.8, 4) is 0 Å². The first kappa shape index (κ1) is 32.6. The van der Waals surface area contributed by atoms with Crippen molar-refractivity contribution in [2.75, 3.05) is 26.4 Å². The molecule has 0 atom stereocenters. The molecule has 0 saturated heterocycles. The van der Waals surface area contributed by atoms with Gasteiger partial charge in [0, 0.05) is 6.08 Å². The van der Waals surface area contributed by atoms with Gasteiger partial charge in [0.2, 0.25) is 0 Å². The Kier molecular flexibility index (Phi) is 19.1. The summed E-state index contributed by atoms with van der Waals surface area (Å²) < 4.78 is 46.7. The molecular weight excluding hydrogens is 424 g/mol. The first-order valence-corrected chi connectivity index (χ1v) is 10.8. The normalized spacial score (nSPS) is 12.3. The molecular formula is C13H26Na2O10P2. The van der Waals surface area contributed by atoms with E-state index in [0.29, 0.717) is 0 Å². The van der Waals surface area contributed by atoms with E-state index in [1.165, 1.54) is 27.7 Å². The van der Waals surface area contributed by atoms with E-state index in [9.17, 15) is 23.8 Å². The average molecular weight is 450 g/mol. The number of carbonyl (C=O) groups is 2. The predicted molar refractivity (Wildman–Crippen MR) is 103 cm³/mol. The van der Waals surface area contributed by atoms with Crippen LogP contribution >= 0.6 is 15.2 Å². The molecule has 0 aliphatic heterocycles. The van der Waals surface area contributed by atoms with Crippen LogP contribution in [0.2, 0.25) is 0 Å². The van der Waals surface area contributed by atoms with Gasteiger partial charge in [0.05, 0.1) is 32.0 Å². The van der Waals surface area contributed by atoms with Crippen LogP contribution in [-0.2, 0) is 36.8 Å². The number of hydrogen-bond donors (Lipinski definition) is 2. The summed E-state index contributed by atoms with van der Waals surface area (Å²) in [7, 11) is -8.80. The van der Waals surface area contributed by atoms with Crippen LogP contribution in [0.15, 0.2) is 11.6 Å². The third kappa shape index (κ3) is 10.0. The van der Waals surface area contributed by atoms with Crippen LogP contribution in [0.1, 0.15) is 27.7 Å². The molecule has 0 aliphatic rings. The molecule has 0 fully saturated rings. The maximum absolute atomic E-state index is 13.2. The first-order valence-electron chi connectivity index (χ1n) is 7.57. The SMILES string of the molecule is CCOP(=O)(OCC)C(/C(=C/C(=O)O)C(=O)O)P(=O)(OCC)OCC.[NaH].[NaH]. The van der Waals surface area contributed by atoms with Gasteiger partial charge < -0.3 is 28.3 Å². The number of hydrogen-bond acceptors (Lipinski definition) is 8. The molecule has 0 heterocycles. The zero-order chi connectivity index (χ0) is 19.7. The van der Waals surface area contributed by atoms with Crippen LogP contribution < -0.4 is 0 Å². The Morgan fingerprint density at radius 2 is 1.11 bits per heavy atom. The van der Waals surface area contributed by atoms with E-state index >= 15 is 0 Å². The Morgan fingerprint density at radius 3 is 1.30 bits per heavy atom. The molecule has 0 bridgehead atoms. The number of carboxylic acid groups (broad SMARTS) is 2. The number of rotatable bonds is 13. The Morgan fingerprint density at radius 1 is 0.815 bits per heavy atom. The van der Waals surface area contributed by atoms with Crippen LogP contribution in [0.4, 0.5) is 0 Å². The zero-order valence-electron chi connectivity index (χ0n) is 14.5. The van der Waals surface area contributed by atoms with Crippen molar-refractivity contribution in [1.82, 2.24) is 0 Å². The predicted octanol–water partition coefficient (Wildman–Crippen LogP) is 1.64. The fourth-order valence-electron chi connectivity index (χ4n) is 1.97. The monoisotopic (exact) mass is 450 g/mol. The molecule has 14 heteroatoms. The average Bonchev–Trinajstić information content (AvgIpc) is 2.46. The Labute approximate surface area is 203 Å². The van der Waals surface area contributed by atoms with Gasteiger partial charge in [-0.25, -0.2) is 9.59 Å². The van der Waals surface area contributed by atoms with Crippen molar-refractivity contribution in [2.45, 2.75) is 33.1 Å². The Hall–Kier alpha value is 0.980. The second kappa shape index (κ2) is 15.8. The van der Waals surface area contributed by atoms with Crippen LogP contribution in [0.25, 0.3) is 0 Å². The van der Waals surface area contributed by atoms with Crippen molar-refractivity contribution in [3.63, 3.8) is 0 Å². The van der Waals surface area contributed by atoms with Gasteiger partial charge in [-0.05, 0) is 27.7 Å². The first-order chi connectivity index (χ1) is 11.6. The van der Waals surface area contributed by atoms with E-state index in [-0.39, 0.29) is 91.6 Å². The quantitative estimate of drug-likeness (QED) is 0.241. The summed E-state index contributed by atoms with van der Waals surface area (Å²) in [6.45, 7) is 5.23. The third-order valence-corrected chi connectivity index (χ3v) is 8.56. The Balaban J connectivity index is -0.00000288. The summed E-state index contributed by atoms with van der Waals surface area (Å²) in [4.78, 5) is 22.6. The van der Waals surface area contributed by atoms with Crippen molar-refractivity contribution >= 4 is 86.2 Å². The third-order valence-electron chi connectivity index (χ3n) is 2.64. The molecule has 0 aromatic carbocycles. The van der Waals surface area contributed by atoms with Crippen LogP contribution in [0, 0.1) is 0 Å². The molecule has 0 spiro atoms. The fourth-order valence-corrected chi connectivity index (χ4v) is 7.36. The summed E-state index contributed by atoms with van der Waals surface area (Å²) in [6, 6.07) is 0. The fraction of sp³-hybridized carbons (Fsp3) is 0.692. The van der Waals surface area contributed by atoms with Crippen molar-refractivity contribution in [1.29, 1.82) is 0 Å². The second-order valence-corrected chi connectivity index (χ2v) is 9.00. The van der Waals surface area contributed by atoms with Gasteiger partial charge in [0.1, 0.15) is 0 Å². The molecule has 0 aromatic heterocycles. The summed E-state index contributed by atoms with van der Waals surface area (Å²) in [5.74, 6) is -3.40. The minimum absolute atomic E-state index is 0. The molecule has 27 heavy (non-hydrogen) atoms. The molecule has 0 amide bonds. The topological polar surface area (TPSA) is 146 Å². The second-order valence-electron chi connectivity index (χ2n) is 4.37. The molecule has 2 N–H and O–H groups in total. The van der Waals surface area contributed by atoms with Gasteiger partial charge in [-0.3, -0.25) is 9.13 Å². The van der Waals surface area contributed by atoms with Crippen LogP contribution in [0.5, 0.6) is 0 Å². The van der Waals surface area contributed by atoms with Crippen LogP contribution in [0.3, 0.4) is 0 Å².